The van der Waals surface area contributed by atoms with E-state index in [1.165, 1.54) is 0 Å². The predicted molar refractivity (Wildman–Crippen MR) is 46.3 cm³/mol. The maximum Gasteiger partial charge on any atom is 0.407 e. The van der Waals surface area contributed by atoms with Gasteiger partial charge in [0, 0.05) is 6.54 Å². The van der Waals surface area contributed by atoms with E-state index in [4.69, 9.17) is 5.11 Å². The van der Waals surface area contributed by atoms with Gasteiger partial charge in [0.2, 0.25) is 10.0 Å². The van der Waals surface area contributed by atoms with E-state index in [1.807, 2.05) is 0 Å². The van der Waals surface area contributed by atoms with Gasteiger partial charge in [0.05, 0.1) is 18.8 Å². The molecule has 0 spiro atoms. The summed E-state index contributed by atoms with van der Waals surface area (Å²) in [6, 6.07) is -0.901. The molecule has 1 amide bonds. The lowest BCUT2D eigenvalue weighted by atomic mass is 10.0. The molecule has 0 aliphatic carbocycles. The molecule has 2 N–H and O–H groups in total. The van der Waals surface area contributed by atoms with Crippen LogP contribution in [0.25, 0.3) is 0 Å². The Morgan fingerprint density at radius 2 is 2.29 bits per heavy atom. The highest BCUT2D eigenvalue weighted by atomic mass is 32.2. The first-order valence-electron chi connectivity index (χ1n) is 3.89. The van der Waals surface area contributed by atoms with Crippen molar-refractivity contribution in [2.24, 2.45) is 0 Å². The molecule has 0 saturated carbocycles. The largest absolute Gasteiger partial charge is 0.465 e. The minimum Gasteiger partial charge on any atom is -0.465 e. The third-order valence-electron chi connectivity index (χ3n) is 1.99. The third kappa shape index (κ3) is 2.55. The first-order chi connectivity index (χ1) is 6.31. The molecule has 1 heterocycles. The molecule has 0 bridgehead atoms. The van der Waals surface area contributed by atoms with Crippen molar-refractivity contribution < 1.29 is 22.7 Å². The van der Waals surface area contributed by atoms with Crippen LogP contribution in [0.15, 0.2) is 0 Å². The topological polar surface area (TPSA) is 86.7 Å². The van der Waals surface area contributed by atoms with Crippen molar-refractivity contribution in [3.05, 3.63) is 0 Å². The summed E-state index contributed by atoms with van der Waals surface area (Å²) >= 11 is 0. The summed E-state index contributed by atoms with van der Waals surface area (Å²) in [5, 5.41) is 8.53. The lowest BCUT2D eigenvalue weighted by Crippen LogP contribution is -2.63. The average molecular weight is 226 g/mol. The molecule has 1 saturated heterocycles. The molecule has 0 unspecified atom stereocenters. The second-order valence-corrected chi connectivity index (χ2v) is 4.97. The van der Waals surface area contributed by atoms with Crippen LogP contribution in [-0.4, -0.2) is 56.1 Å². The van der Waals surface area contributed by atoms with E-state index < -0.39 is 28.3 Å². The number of halogens is 1. The fourth-order valence-electron chi connectivity index (χ4n) is 1.20. The van der Waals surface area contributed by atoms with Gasteiger partial charge in [0.15, 0.2) is 0 Å². The Bertz CT molecular complexity index is 331. The highest BCUT2D eigenvalue weighted by molar-refractivity contribution is 7.88. The number of rotatable bonds is 3. The van der Waals surface area contributed by atoms with Gasteiger partial charge in [0.25, 0.3) is 0 Å². The molecule has 0 aromatic rings. The molecule has 0 aromatic carbocycles. The second-order valence-electron chi connectivity index (χ2n) is 3.14. The van der Waals surface area contributed by atoms with Crippen LogP contribution in [0.3, 0.4) is 0 Å². The first-order valence-corrected chi connectivity index (χ1v) is 5.78. The Kier molecular flexibility index (Phi) is 2.95. The zero-order chi connectivity index (χ0) is 10.9. The van der Waals surface area contributed by atoms with E-state index in [1.54, 1.807) is 0 Å². The smallest absolute Gasteiger partial charge is 0.407 e. The van der Waals surface area contributed by atoms with Crippen LogP contribution in [0, 0.1) is 0 Å². The van der Waals surface area contributed by atoms with Crippen LogP contribution in [0.2, 0.25) is 0 Å². The van der Waals surface area contributed by atoms with E-state index in [0.717, 1.165) is 11.2 Å². The number of carboxylic acid groups (broad SMARTS) is 1. The molecule has 14 heavy (non-hydrogen) atoms. The van der Waals surface area contributed by atoms with Crippen LogP contribution >= 0.6 is 0 Å². The normalized spacial score (nSPS) is 27.1. The third-order valence-corrected chi connectivity index (χ3v) is 2.68. The number of likely N-dealkylation sites (tertiary alicyclic amines) is 1. The molecule has 0 aromatic heterocycles. The van der Waals surface area contributed by atoms with Crippen LogP contribution in [0.4, 0.5) is 9.18 Å². The van der Waals surface area contributed by atoms with Crippen molar-refractivity contribution in [3.8, 4) is 0 Å². The molecular formula is C6H11FN2O4S. The van der Waals surface area contributed by atoms with Crippen molar-refractivity contribution >= 4 is 16.1 Å². The molecule has 2 atom stereocenters. The van der Waals surface area contributed by atoms with Gasteiger partial charge in [0.1, 0.15) is 6.17 Å². The SMILES string of the molecule is CS(=O)(=O)NC[C@@H]1[C@H](F)CN1C(=O)O. The van der Waals surface area contributed by atoms with E-state index in [-0.39, 0.29) is 13.1 Å². The molecule has 1 aliphatic heterocycles. The van der Waals surface area contributed by atoms with E-state index >= 15 is 0 Å². The Morgan fingerprint density at radius 1 is 1.71 bits per heavy atom. The maximum absolute atomic E-state index is 12.8. The van der Waals surface area contributed by atoms with Crippen molar-refractivity contribution in [1.82, 2.24) is 9.62 Å². The Morgan fingerprint density at radius 3 is 2.64 bits per heavy atom. The van der Waals surface area contributed by atoms with E-state index in [2.05, 4.69) is 4.72 Å². The number of hydrogen-bond donors (Lipinski definition) is 2. The minimum atomic E-state index is -3.40. The number of hydrogen-bond acceptors (Lipinski definition) is 3. The van der Waals surface area contributed by atoms with Gasteiger partial charge >= 0.3 is 6.09 Å². The van der Waals surface area contributed by atoms with Crippen LogP contribution in [-0.2, 0) is 10.0 Å². The lowest BCUT2D eigenvalue weighted by molar-refractivity contribution is 0.00501. The molecule has 82 valence electrons. The van der Waals surface area contributed by atoms with Gasteiger partial charge in [-0.3, -0.25) is 4.90 Å². The summed E-state index contributed by atoms with van der Waals surface area (Å²) in [7, 11) is -3.40. The zero-order valence-electron chi connectivity index (χ0n) is 7.47. The van der Waals surface area contributed by atoms with E-state index in [0.29, 0.717) is 0 Å². The number of amides is 1. The summed E-state index contributed by atoms with van der Waals surface area (Å²) in [5.41, 5.74) is 0. The number of carbonyl (C=O) groups is 1. The molecule has 1 rings (SSSR count). The number of alkyl halides is 1. The van der Waals surface area contributed by atoms with Crippen LogP contribution in [0.1, 0.15) is 0 Å². The summed E-state index contributed by atoms with van der Waals surface area (Å²) in [4.78, 5) is 11.3. The molecule has 1 fully saturated rings. The zero-order valence-corrected chi connectivity index (χ0v) is 8.29. The Balaban J connectivity index is 2.47. The van der Waals surface area contributed by atoms with Gasteiger partial charge in [-0.2, -0.15) is 0 Å². The van der Waals surface area contributed by atoms with Gasteiger partial charge < -0.3 is 5.11 Å². The number of nitrogens with zero attached hydrogens (tertiary/aromatic N) is 1. The monoisotopic (exact) mass is 226 g/mol. The van der Waals surface area contributed by atoms with Gasteiger partial charge in [-0.25, -0.2) is 22.3 Å². The van der Waals surface area contributed by atoms with Crippen molar-refractivity contribution in [2.75, 3.05) is 19.3 Å². The standard InChI is InChI=1S/C6H11FN2O4S/c1-14(12,13)8-2-5-4(7)3-9(5)6(10)11/h4-5,8H,2-3H2,1H3,(H,10,11)/t4-,5-/m1/s1. The van der Waals surface area contributed by atoms with Crippen molar-refractivity contribution in [3.63, 3.8) is 0 Å². The van der Waals surface area contributed by atoms with Crippen LogP contribution in [0.5, 0.6) is 0 Å². The highest BCUT2D eigenvalue weighted by Crippen LogP contribution is 2.20. The minimum absolute atomic E-state index is 0.189. The number of nitrogens with one attached hydrogen (secondary N) is 1. The summed E-state index contributed by atoms with van der Waals surface area (Å²) in [6.45, 7) is -0.405. The molecular weight excluding hydrogens is 215 g/mol. The maximum atomic E-state index is 12.8. The Hall–Kier alpha value is -0.890. The summed E-state index contributed by atoms with van der Waals surface area (Å²) < 4.78 is 36.2. The first kappa shape index (κ1) is 11.2. The number of sulfonamides is 1. The van der Waals surface area contributed by atoms with Crippen molar-refractivity contribution in [1.29, 1.82) is 0 Å². The quantitative estimate of drug-likeness (QED) is 0.662. The van der Waals surface area contributed by atoms with Gasteiger partial charge in [-0.1, -0.05) is 0 Å². The van der Waals surface area contributed by atoms with E-state index in [9.17, 15) is 17.6 Å². The van der Waals surface area contributed by atoms with Gasteiger partial charge in [-0.15, -0.1) is 0 Å². The molecule has 6 nitrogen and oxygen atoms in total. The summed E-state index contributed by atoms with van der Waals surface area (Å²) in [6.07, 6.45) is -1.59. The Labute approximate surface area is 80.7 Å². The fraction of sp³-hybridized carbons (Fsp3) is 0.833. The second kappa shape index (κ2) is 3.70. The fourth-order valence-corrected chi connectivity index (χ4v) is 1.67. The van der Waals surface area contributed by atoms with Gasteiger partial charge in [-0.05, 0) is 0 Å². The molecule has 8 heteroatoms. The predicted octanol–water partition coefficient (Wildman–Crippen LogP) is -0.764. The molecule has 0 radical (unpaired) electrons. The average Bonchev–Trinajstić information content (AvgIpc) is 1.97. The summed E-state index contributed by atoms with van der Waals surface area (Å²) in [5.74, 6) is 0. The highest BCUT2D eigenvalue weighted by Gasteiger charge is 2.42. The van der Waals surface area contributed by atoms with Crippen molar-refractivity contribution in [2.45, 2.75) is 12.2 Å². The lowest BCUT2D eigenvalue weighted by Gasteiger charge is -2.41. The molecule has 1 aliphatic rings. The van der Waals surface area contributed by atoms with Crippen LogP contribution < -0.4 is 4.72 Å².